The van der Waals surface area contributed by atoms with Gasteiger partial charge < -0.3 is 14.8 Å². The van der Waals surface area contributed by atoms with Crippen molar-refractivity contribution in [2.75, 3.05) is 13.7 Å². The van der Waals surface area contributed by atoms with Crippen molar-refractivity contribution in [3.63, 3.8) is 0 Å². The molecule has 0 aliphatic rings. The molecule has 1 aromatic heterocycles. The predicted molar refractivity (Wildman–Crippen MR) is 77.4 cm³/mol. The lowest BCUT2D eigenvalue weighted by Crippen LogP contribution is -2.26. The first-order valence-corrected chi connectivity index (χ1v) is 6.80. The molecule has 0 saturated heterocycles. The SMILES string of the molecule is COC(C)(C)CCOc1ncccc1CNC(C)C. The minimum Gasteiger partial charge on any atom is -0.477 e. The molecule has 0 bridgehead atoms. The van der Waals surface area contributed by atoms with Crippen LogP contribution in [0.25, 0.3) is 0 Å². The second kappa shape index (κ2) is 7.46. The summed E-state index contributed by atoms with van der Waals surface area (Å²) in [4.78, 5) is 4.30. The summed E-state index contributed by atoms with van der Waals surface area (Å²) in [5.74, 6) is 0.711. The molecule has 0 fully saturated rings. The minimum absolute atomic E-state index is 0.162. The second-order valence-corrected chi connectivity index (χ2v) is 5.57. The van der Waals surface area contributed by atoms with Gasteiger partial charge >= 0.3 is 0 Å². The van der Waals surface area contributed by atoms with Crippen LogP contribution in [0.5, 0.6) is 5.88 Å². The fourth-order valence-electron chi connectivity index (χ4n) is 1.50. The van der Waals surface area contributed by atoms with Gasteiger partial charge in [-0.25, -0.2) is 4.98 Å². The maximum absolute atomic E-state index is 5.78. The Kier molecular flexibility index (Phi) is 6.25. The van der Waals surface area contributed by atoms with Crippen LogP contribution in [0.2, 0.25) is 0 Å². The zero-order chi connectivity index (χ0) is 14.3. The van der Waals surface area contributed by atoms with Crippen molar-refractivity contribution >= 4 is 0 Å². The van der Waals surface area contributed by atoms with Gasteiger partial charge in [0, 0.05) is 37.9 Å². The Labute approximate surface area is 116 Å². The van der Waals surface area contributed by atoms with Crippen LogP contribution in [0.1, 0.15) is 39.7 Å². The number of pyridine rings is 1. The molecule has 108 valence electrons. The smallest absolute Gasteiger partial charge is 0.217 e. The largest absolute Gasteiger partial charge is 0.477 e. The Hall–Kier alpha value is -1.13. The summed E-state index contributed by atoms with van der Waals surface area (Å²) in [6, 6.07) is 4.42. The van der Waals surface area contributed by atoms with Crippen LogP contribution >= 0.6 is 0 Å². The van der Waals surface area contributed by atoms with E-state index in [0.717, 1.165) is 18.5 Å². The first-order chi connectivity index (χ1) is 8.94. The zero-order valence-corrected chi connectivity index (χ0v) is 12.7. The van der Waals surface area contributed by atoms with Gasteiger partial charge in [0.2, 0.25) is 5.88 Å². The molecule has 0 atom stereocenters. The summed E-state index contributed by atoms with van der Waals surface area (Å²) in [7, 11) is 1.72. The number of rotatable bonds is 8. The fraction of sp³-hybridized carbons (Fsp3) is 0.667. The molecule has 4 heteroatoms. The van der Waals surface area contributed by atoms with Crippen molar-refractivity contribution in [1.82, 2.24) is 10.3 Å². The quantitative estimate of drug-likeness (QED) is 0.785. The van der Waals surface area contributed by atoms with Crippen molar-refractivity contribution < 1.29 is 9.47 Å². The van der Waals surface area contributed by atoms with Gasteiger partial charge in [0.05, 0.1) is 12.2 Å². The second-order valence-electron chi connectivity index (χ2n) is 5.57. The lowest BCUT2D eigenvalue weighted by molar-refractivity contribution is 0.00499. The number of nitrogens with one attached hydrogen (secondary N) is 1. The van der Waals surface area contributed by atoms with E-state index >= 15 is 0 Å². The molecule has 0 unspecified atom stereocenters. The highest BCUT2D eigenvalue weighted by molar-refractivity contribution is 5.25. The van der Waals surface area contributed by atoms with E-state index in [2.05, 4.69) is 38.0 Å². The normalized spacial score (nSPS) is 11.9. The number of aromatic nitrogens is 1. The van der Waals surface area contributed by atoms with Crippen LogP contribution in [0, 0.1) is 0 Å². The number of hydrogen-bond donors (Lipinski definition) is 1. The Morgan fingerprint density at radius 2 is 2.11 bits per heavy atom. The highest BCUT2D eigenvalue weighted by Gasteiger charge is 2.16. The van der Waals surface area contributed by atoms with Crippen LogP contribution in [0.3, 0.4) is 0 Å². The maximum atomic E-state index is 5.78. The minimum atomic E-state index is -0.162. The van der Waals surface area contributed by atoms with E-state index in [-0.39, 0.29) is 5.60 Å². The summed E-state index contributed by atoms with van der Waals surface area (Å²) >= 11 is 0. The first kappa shape index (κ1) is 15.9. The first-order valence-electron chi connectivity index (χ1n) is 6.80. The lowest BCUT2D eigenvalue weighted by Gasteiger charge is -2.22. The predicted octanol–water partition coefficient (Wildman–Crippen LogP) is 2.77. The van der Waals surface area contributed by atoms with Crippen LogP contribution in [-0.2, 0) is 11.3 Å². The van der Waals surface area contributed by atoms with E-state index in [1.165, 1.54) is 0 Å². The monoisotopic (exact) mass is 266 g/mol. The van der Waals surface area contributed by atoms with E-state index < -0.39 is 0 Å². The molecule has 1 N–H and O–H groups in total. The van der Waals surface area contributed by atoms with Crippen LogP contribution in [-0.4, -0.2) is 30.3 Å². The van der Waals surface area contributed by atoms with Crippen molar-refractivity contribution in [3.05, 3.63) is 23.9 Å². The Morgan fingerprint density at radius 1 is 1.37 bits per heavy atom. The van der Waals surface area contributed by atoms with E-state index in [4.69, 9.17) is 9.47 Å². The lowest BCUT2D eigenvalue weighted by atomic mass is 10.1. The summed E-state index contributed by atoms with van der Waals surface area (Å²) in [6.07, 6.45) is 2.59. The highest BCUT2D eigenvalue weighted by Crippen LogP contribution is 2.17. The summed E-state index contributed by atoms with van der Waals surface area (Å²) in [5.41, 5.74) is 0.928. The Bertz CT molecular complexity index is 378. The van der Waals surface area contributed by atoms with Gasteiger partial charge in [-0.05, 0) is 19.9 Å². The molecule has 0 spiro atoms. The number of methoxy groups -OCH3 is 1. The Morgan fingerprint density at radius 3 is 2.74 bits per heavy atom. The molecule has 0 amide bonds. The number of nitrogens with zero attached hydrogens (tertiary/aromatic N) is 1. The maximum Gasteiger partial charge on any atom is 0.217 e. The van der Waals surface area contributed by atoms with Crippen LogP contribution < -0.4 is 10.1 Å². The average Bonchev–Trinajstić information content (AvgIpc) is 2.37. The van der Waals surface area contributed by atoms with Gasteiger partial charge in [-0.1, -0.05) is 19.9 Å². The fourth-order valence-corrected chi connectivity index (χ4v) is 1.50. The van der Waals surface area contributed by atoms with Crippen molar-refractivity contribution in [3.8, 4) is 5.88 Å². The van der Waals surface area contributed by atoms with Crippen molar-refractivity contribution in [2.24, 2.45) is 0 Å². The van der Waals surface area contributed by atoms with E-state index in [9.17, 15) is 0 Å². The van der Waals surface area contributed by atoms with Gasteiger partial charge in [-0.2, -0.15) is 0 Å². The molecule has 1 heterocycles. The molecule has 0 aromatic carbocycles. The summed E-state index contributed by atoms with van der Waals surface area (Å²) in [5, 5.41) is 3.38. The van der Waals surface area contributed by atoms with E-state index in [0.29, 0.717) is 18.5 Å². The van der Waals surface area contributed by atoms with Gasteiger partial charge in [0.25, 0.3) is 0 Å². The van der Waals surface area contributed by atoms with E-state index in [1.54, 1.807) is 13.3 Å². The third-order valence-electron chi connectivity index (χ3n) is 3.05. The molecule has 0 radical (unpaired) electrons. The topological polar surface area (TPSA) is 43.4 Å². The molecule has 1 rings (SSSR count). The molecule has 19 heavy (non-hydrogen) atoms. The number of hydrogen-bond acceptors (Lipinski definition) is 4. The Balaban J connectivity index is 2.53. The molecule has 4 nitrogen and oxygen atoms in total. The standard InChI is InChI=1S/C15H26N2O2/c1-12(2)17-11-13-7-6-9-16-14(13)19-10-8-15(3,4)18-5/h6-7,9,12,17H,8,10-11H2,1-5H3. The van der Waals surface area contributed by atoms with Crippen molar-refractivity contribution in [2.45, 2.75) is 52.3 Å². The number of ether oxygens (including phenoxy) is 2. The van der Waals surface area contributed by atoms with Gasteiger partial charge in [-0.15, -0.1) is 0 Å². The third kappa shape index (κ3) is 6.03. The molecule has 0 aliphatic heterocycles. The van der Waals surface area contributed by atoms with E-state index in [1.807, 2.05) is 12.1 Å². The zero-order valence-electron chi connectivity index (χ0n) is 12.7. The summed E-state index contributed by atoms with van der Waals surface area (Å²) < 4.78 is 11.1. The van der Waals surface area contributed by atoms with Crippen molar-refractivity contribution in [1.29, 1.82) is 0 Å². The average molecular weight is 266 g/mol. The highest BCUT2D eigenvalue weighted by atomic mass is 16.5. The molecular formula is C15H26N2O2. The third-order valence-corrected chi connectivity index (χ3v) is 3.05. The van der Waals surface area contributed by atoms with Gasteiger partial charge in [0.1, 0.15) is 0 Å². The van der Waals surface area contributed by atoms with Crippen LogP contribution in [0.4, 0.5) is 0 Å². The van der Waals surface area contributed by atoms with Gasteiger partial charge in [-0.3, -0.25) is 0 Å². The summed E-state index contributed by atoms with van der Waals surface area (Å²) in [6.45, 7) is 9.73. The van der Waals surface area contributed by atoms with Crippen LogP contribution in [0.15, 0.2) is 18.3 Å². The molecule has 1 aromatic rings. The molecule has 0 saturated carbocycles. The molecular weight excluding hydrogens is 240 g/mol. The molecule has 0 aliphatic carbocycles. The van der Waals surface area contributed by atoms with Gasteiger partial charge in [0.15, 0.2) is 0 Å².